The molecule has 2 aromatic carbocycles. The van der Waals surface area contributed by atoms with Gasteiger partial charge in [0, 0.05) is 32.6 Å². The van der Waals surface area contributed by atoms with E-state index in [1.54, 1.807) is 17.4 Å². The van der Waals surface area contributed by atoms with Gasteiger partial charge in [0.1, 0.15) is 13.2 Å². The van der Waals surface area contributed by atoms with Gasteiger partial charge in [-0.2, -0.15) is 0 Å². The molecular weight excluding hydrogens is 478 g/mol. The van der Waals surface area contributed by atoms with Gasteiger partial charge >= 0.3 is 0 Å². The van der Waals surface area contributed by atoms with Crippen LogP contribution < -0.4 is 20.3 Å². The fourth-order valence-electron chi connectivity index (χ4n) is 3.67. The van der Waals surface area contributed by atoms with E-state index in [4.69, 9.17) is 33.3 Å². The third-order valence-corrected chi connectivity index (χ3v) is 6.69. The van der Waals surface area contributed by atoms with E-state index in [0.717, 1.165) is 16.0 Å². The van der Waals surface area contributed by atoms with Gasteiger partial charge in [0.2, 0.25) is 0 Å². The Labute approximate surface area is 204 Å². The van der Waals surface area contributed by atoms with Gasteiger partial charge in [-0.1, -0.05) is 23.7 Å². The maximum atomic E-state index is 12.9. The van der Waals surface area contributed by atoms with E-state index in [1.165, 1.54) is 0 Å². The molecule has 33 heavy (non-hydrogen) atoms. The van der Waals surface area contributed by atoms with Crippen LogP contribution in [0.4, 0.5) is 5.69 Å². The number of ether oxygens (including phenoxy) is 2. The average Bonchev–Trinajstić information content (AvgIpc) is 3.31. The lowest BCUT2D eigenvalue weighted by atomic mass is 10.1. The Morgan fingerprint density at radius 2 is 1.91 bits per heavy atom. The monoisotopic (exact) mass is 497 g/mol. The lowest BCUT2D eigenvalue weighted by Gasteiger charge is -2.25. The number of hydrogen-bond donors (Lipinski definition) is 2. The first-order valence-corrected chi connectivity index (χ1v) is 12.0. The minimum Gasteiger partial charge on any atom is -0.486 e. The third kappa shape index (κ3) is 4.98. The van der Waals surface area contributed by atoms with Crippen LogP contribution in [0, 0.1) is 0 Å². The molecule has 0 bridgehead atoms. The second-order valence-corrected chi connectivity index (χ2v) is 9.44. The van der Waals surface area contributed by atoms with Crippen LogP contribution in [-0.2, 0) is 13.1 Å². The van der Waals surface area contributed by atoms with Crippen molar-refractivity contribution in [1.29, 1.82) is 0 Å². The van der Waals surface area contributed by atoms with Crippen LogP contribution in [0.2, 0.25) is 5.02 Å². The van der Waals surface area contributed by atoms with Crippen LogP contribution in [0.1, 0.15) is 10.4 Å². The number of aromatic nitrogens is 1. The van der Waals surface area contributed by atoms with E-state index in [-0.39, 0.29) is 5.56 Å². The zero-order valence-corrected chi connectivity index (χ0v) is 19.9. The van der Waals surface area contributed by atoms with Crippen LogP contribution in [-0.4, -0.2) is 28.2 Å². The number of H-pyrrole nitrogens is 1. The molecule has 1 aliphatic rings. The highest BCUT2D eigenvalue weighted by molar-refractivity contribution is 7.80. The molecule has 0 saturated carbocycles. The van der Waals surface area contributed by atoms with E-state index in [0.29, 0.717) is 59.0 Å². The quantitative estimate of drug-likeness (QED) is 0.359. The number of rotatable bonds is 5. The number of thiophene rings is 1. The van der Waals surface area contributed by atoms with Gasteiger partial charge in [-0.25, -0.2) is 0 Å². The van der Waals surface area contributed by atoms with Gasteiger partial charge in [-0.05, 0) is 54.0 Å². The molecule has 4 aromatic rings. The summed E-state index contributed by atoms with van der Waals surface area (Å²) in [6, 6.07) is 17.0. The van der Waals surface area contributed by atoms with E-state index in [9.17, 15) is 4.79 Å². The van der Waals surface area contributed by atoms with E-state index < -0.39 is 0 Å². The first kappa shape index (κ1) is 21.8. The molecule has 2 aromatic heterocycles. The largest absolute Gasteiger partial charge is 0.486 e. The lowest BCUT2D eigenvalue weighted by molar-refractivity contribution is 0.172. The summed E-state index contributed by atoms with van der Waals surface area (Å²) in [5, 5.41) is 7.26. The molecule has 0 atom stereocenters. The van der Waals surface area contributed by atoms with Crippen molar-refractivity contribution in [2.75, 3.05) is 18.5 Å². The second kappa shape index (κ2) is 9.43. The molecule has 0 radical (unpaired) electrons. The first-order valence-electron chi connectivity index (χ1n) is 10.3. The minimum atomic E-state index is -0.166. The number of hydrogen-bond acceptors (Lipinski definition) is 5. The van der Waals surface area contributed by atoms with Crippen LogP contribution in [0.15, 0.2) is 64.8 Å². The SMILES string of the molecule is O=c1[nH]c2cc3c(cc2cc1CN(Cc1cccs1)C(=S)Nc1cccc(Cl)c1)OCCO3. The Morgan fingerprint density at radius 1 is 1.09 bits per heavy atom. The molecule has 6 nitrogen and oxygen atoms in total. The standard InChI is InChI=1S/C24H20ClN3O3S2/c25-17-3-1-4-18(11-17)26-24(32)28(14-19-5-2-8-33-19)13-16-9-15-10-21-22(31-7-6-30-21)12-20(15)27-23(16)29/h1-5,8-12H,6-7,13-14H2,(H,26,32)(H,27,29). The van der Waals surface area contributed by atoms with Crippen molar-refractivity contribution in [1.82, 2.24) is 9.88 Å². The molecule has 3 heterocycles. The summed E-state index contributed by atoms with van der Waals surface area (Å²) in [5.41, 5.74) is 1.93. The summed E-state index contributed by atoms with van der Waals surface area (Å²) in [6.45, 7) is 1.91. The lowest BCUT2D eigenvalue weighted by Crippen LogP contribution is -2.35. The fraction of sp³-hybridized carbons (Fsp3) is 0.167. The van der Waals surface area contributed by atoms with E-state index in [1.807, 2.05) is 58.8 Å². The molecule has 0 amide bonds. The number of thiocarbonyl (C=S) groups is 1. The molecule has 0 aliphatic carbocycles. The zero-order valence-electron chi connectivity index (χ0n) is 17.5. The molecule has 5 rings (SSSR count). The molecular formula is C24H20ClN3O3S2. The van der Waals surface area contributed by atoms with Gasteiger partial charge < -0.3 is 24.7 Å². The number of nitrogens with one attached hydrogen (secondary N) is 2. The summed E-state index contributed by atoms with van der Waals surface area (Å²) in [4.78, 5) is 19.0. The Kier molecular flexibility index (Phi) is 6.22. The molecule has 9 heteroatoms. The van der Waals surface area contributed by atoms with Crippen molar-refractivity contribution in [3.8, 4) is 11.5 Å². The van der Waals surface area contributed by atoms with Crippen molar-refractivity contribution < 1.29 is 9.47 Å². The Morgan fingerprint density at radius 3 is 2.67 bits per heavy atom. The number of aromatic amines is 1. The smallest absolute Gasteiger partial charge is 0.253 e. The Balaban J connectivity index is 1.45. The highest BCUT2D eigenvalue weighted by Crippen LogP contribution is 2.33. The third-order valence-electron chi connectivity index (χ3n) is 5.24. The summed E-state index contributed by atoms with van der Waals surface area (Å²) in [5.74, 6) is 1.32. The molecule has 1 aliphatic heterocycles. The molecule has 0 spiro atoms. The van der Waals surface area contributed by atoms with Crippen LogP contribution in [0.3, 0.4) is 0 Å². The van der Waals surface area contributed by atoms with E-state index in [2.05, 4.69) is 10.3 Å². The number of pyridine rings is 1. The van der Waals surface area contributed by atoms with E-state index >= 15 is 0 Å². The average molecular weight is 498 g/mol. The predicted octanol–water partition coefficient (Wildman–Crippen LogP) is 5.41. The van der Waals surface area contributed by atoms with Gasteiger partial charge in [-0.15, -0.1) is 11.3 Å². The van der Waals surface area contributed by atoms with Crippen molar-refractivity contribution in [3.63, 3.8) is 0 Å². The maximum Gasteiger partial charge on any atom is 0.253 e. The zero-order chi connectivity index (χ0) is 22.8. The van der Waals surface area contributed by atoms with Crippen molar-refractivity contribution >= 4 is 56.9 Å². The van der Waals surface area contributed by atoms with Crippen molar-refractivity contribution in [2.45, 2.75) is 13.1 Å². The van der Waals surface area contributed by atoms with Gasteiger partial charge in [0.15, 0.2) is 16.6 Å². The molecule has 0 saturated heterocycles. The van der Waals surface area contributed by atoms with Crippen LogP contribution in [0.5, 0.6) is 11.5 Å². The summed E-state index contributed by atoms with van der Waals surface area (Å²) in [6.07, 6.45) is 0. The number of anilines is 1. The van der Waals surface area contributed by atoms with Crippen LogP contribution >= 0.6 is 35.2 Å². The predicted molar refractivity (Wildman–Crippen MR) is 137 cm³/mol. The summed E-state index contributed by atoms with van der Waals surface area (Å²) < 4.78 is 11.3. The minimum absolute atomic E-state index is 0.166. The molecule has 0 unspecified atom stereocenters. The molecule has 2 N–H and O–H groups in total. The second-order valence-electron chi connectivity index (χ2n) is 7.58. The normalized spacial score (nSPS) is 12.5. The van der Waals surface area contributed by atoms with Crippen molar-refractivity contribution in [2.24, 2.45) is 0 Å². The Bertz CT molecular complexity index is 1370. The number of fused-ring (bicyclic) bond motifs is 2. The summed E-state index contributed by atoms with van der Waals surface area (Å²) >= 11 is 13.5. The van der Waals surface area contributed by atoms with Gasteiger partial charge in [0.25, 0.3) is 5.56 Å². The van der Waals surface area contributed by atoms with Gasteiger partial charge in [-0.3, -0.25) is 4.79 Å². The number of halogens is 1. The maximum absolute atomic E-state index is 12.9. The summed E-state index contributed by atoms with van der Waals surface area (Å²) in [7, 11) is 0. The number of benzene rings is 2. The first-order chi connectivity index (χ1) is 16.0. The van der Waals surface area contributed by atoms with Crippen molar-refractivity contribution in [3.05, 3.63) is 85.8 Å². The highest BCUT2D eigenvalue weighted by Gasteiger charge is 2.17. The molecule has 0 fully saturated rings. The van der Waals surface area contributed by atoms with Gasteiger partial charge in [0.05, 0.1) is 18.6 Å². The fourth-order valence-corrected chi connectivity index (χ4v) is 4.83. The van der Waals surface area contributed by atoms with Crippen LogP contribution in [0.25, 0.3) is 10.9 Å². The molecule has 168 valence electrons. The number of nitrogens with zero attached hydrogens (tertiary/aromatic N) is 1. The highest BCUT2D eigenvalue weighted by atomic mass is 35.5. The topological polar surface area (TPSA) is 66.6 Å². The Hall–Kier alpha value is -3.07.